The van der Waals surface area contributed by atoms with Crippen LogP contribution in [0.25, 0.3) is 0 Å². The van der Waals surface area contributed by atoms with Crippen LogP contribution in [0.2, 0.25) is 0 Å². The third-order valence-corrected chi connectivity index (χ3v) is 6.18. The number of aromatic nitrogens is 1. The predicted octanol–water partition coefficient (Wildman–Crippen LogP) is 4.97. The summed E-state index contributed by atoms with van der Waals surface area (Å²) in [5.74, 6) is 1.71. The molecule has 0 amide bonds. The topological polar surface area (TPSA) is 55.2 Å². The fourth-order valence-electron chi connectivity index (χ4n) is 4.46. The molecule has 1 aliphatic rings. The van der Waals surface area contributed by atoms with Gasteiger partial charge in [0.15, 0.2) is 0 Å². The van der Waals surface area contributed by atoms with Crippen LogP contribution in [0.5, 0.6) is 0 Å². The Balaban J connectivity index is 1.68. The van der Waals surface area contributed by atoms with E-state index in [1.165, 1.54) is 16.7 Å². The second kappa shape index (κ2) is 10.3. The molecule has 0 spiro atoms. The Kier molecular flexibility index (Phi) is 7.03. The minimum absolute atomic E-state index is 0.652. The molecule has 4 rings (SSSR count). The lowest BCUT2D eigenvalue weighted by molar-refractivity contribution is 0.245. The molecule has 0 fully saturated rings. The summed E-state index contributed by atoms with van der Waals surface area (Å²) in [4.78, 5) is 9.79. The summed E-state index contributed by atoms with van der Waals surface area (Å²) in [5, 5.41) is 13.5. The number of nitrogens with one attached hydrogen (secondary N) is 1. The summed E-state index contributed by atoms with van der Waals surface area (Å²) in [6.07, 6.45) is 0.863. The number of fused-ring (bicyclic) bond motifs is 1. The van der Waals surface area contributed by atoms with Gasteiger partial charge in [-0.3, -0.25) is 4.90 Å². The molecule has 1 N–H and O–H groups in total. The van der Waals surface area contributed by atoms with Crippen LogP contribution in [-0.4, -0.2) is 29.5 Å². The lowest BCUT2D eigenvalue weighted by Crippen LogP contribution is -2.34. The first-order chi connectivity index (χ1) is 15.7. The van der Waals surface area contributed by atoms with Gasteiger partial charge in [0.05, 0.1) is 5.56 Å². The van der Waals surface area contributed by atoms with Gasteiger partial charge in [-0.25, -0.2) is 4.98 Å². The Morgan fingerprint density at radius 1 is 0.969 bits per heavy atom. The minimum atomic E-state index is 0.652. The van der Waals surface area contributed by atoms with Crippen molar-refractivity contribution < 1.29 is 0 Å². The Bertz CT molecular complexity index is 1070. The van der Waals surface area contributed by atoms with Gasteiger partial charge in [0.25, 0.3) is 0 Å². The van der Waals surface area contributed by atoms with E-state index in [-0.39, 0.29) is 0 Å². The van der Waals surface area contributed by atoms with Crippen molar-refractivity contribution in [3.63, 3.8) is 0 Å². The summed E-state index contributed by atoms with van der Waals surface area (Å²) in [6, 6.07) is 23.3. The number of benzene rings is 2. The minimum Gasteiger partial charge on any atom is -0.365 e. The molecule has 0 bridgehead atoms. The summed E-state index contributed by atoms with van der Waals surface area (Å²) < 4.78 is 0. The van der Waals surface area contributed by atoms with Crippen LogP contribution in [0.4, 0.5) is 11.6 Å². The van der Waals surface area contributed by atoms with Gasteiger partial charge in [-0.05, 0) is 37.0 Å². The van der Waals surface area contributed by atoms with Crippen LogP contribution in [0, 0.1) is 11.3 Å². The monoisotopic (exact) mass is 425 g/mol. The molecule has 2 aromatic carbocycles. The van der Waals surface area contributed by atoms with Gasteiger partial charge in [0.2, 0.25) is 0 Å². The maximum atomic E-state index is 10.1. The molecule has 0 unspecified atom stereocenters. The van der Waals surface area contributed by atoms with E-state index in [1.54, 1.807) is 0 Å². The maximum Gasteiger partial charge on any atom is 0.146 e. The number of rotatable bonds is 8. The van der Waals surface area contributed by atoms with E-state index < -0.39 is 0 Å². The smallest absolute Gasteiger partial charge is 0.146 e. The average molecular weight is 426 g/mol. The van der Waals surface area contributed by atoms with Crippen LogP contribution in [0.3, 0.4) is 0 Å². The SMILES string of the molecule is CCN(CC)c1nc(NCc2ccccc2)c(C#N)c2c1CN(Cc1ccccc1)CC2. The zero-order valence-electron chi connectivity index (χ0n) is 19.0. The highest BCUT2D eigenvalue weighted by atomic mass is 15.2. The molecule has 32 heavy (non-hydrogen) atoms. The summed E-state index contributed by atoms with van der Waals surface area (Å²) in [5.41, 5.74) is 5.55. The Labute approximate surface area is 191 Å². The molecule has 2 heterocycles. The molecular formula is C27H31N5. The van der Waals surface area contributed by atoms with Gasteiger partial charge in [-0.15, -0.1) is 0 Å². The molecular weight excluding hydrogens is 394 g/mol. The number of nitrogens with zero attached hydrogens (tertiary/aromatic N) is 4. The Morgan fingerprint density at radius 3 is 2.25 bits per heavy atom. The molecule has 0 saturated heterocycles. The Morgan fingerprint density at radius 2 is 1.62 bits per heavy atom. The van der Waals surface area contributed by atoms with Crippen molar-refractivity contribution in [1.29, 1.82) is 5.26 Å². The van der Waals surface area contributed by atoms with Crippen LogP contribution < -0.4 is 10.2 Å². The van der Waals surface area contributed by atoms with E-state index in [0.717, 1.165) is 50.5 Å². The number of nitriles is 1. The van der Waals surface area contributed by atoms with Crippen LogP contribution in [-0.2, 0) is 26.1 Å². The van der Waals surface area contributed by atoms with Gasteiger partial charge in [0, 0.05) is 44.8 Å². The zero-order chi connectivity index (χ0) is 22.3. The molecule has 164 valence electrons. The van der Waals surface area contributed by atoms with Crippen molar-refractivity contribution in [3.8, 4) is 6.07 Å². The lowest BCUT2D eigenvalue weighted by atomic mass is 9.94. The summed E-state index contributed by atoms with van der Waals surface area (Å²) >= 11 is 0. The molecule has 0 aliphatic carbocycles. The number of anilines is 2. The predicted molar refractivity (Wildman–Crippen MR) is 131 cm³/mol. The maximum absolute atomic E-state index is 10.1. The normalized spacial score (nSPS) is 13.3. The van der Waals surface area contributed by atoms with E-state index >= 15 is 0 Å². The fraction of sp³-hybridized carbons (Fsp3) is 0.333. The van der Waals surface area contributed by atoms with E-state index in [4.69, 9.17) is 4.98 Å². The Hall–Kier alpha value is -3.36. The second-order valence-corrected chi connectivity index (χ2v) is 8.19. The summed E-state index contributed by atoms with van der Waals surface area (Å²) in [6.45, 7) is 9.42. The quantitative estimate of drug-likeness (QED) is 0.552. The van der Waals surface area contributed by atoms with Crippen molar-refractivity contribution in [1.82, 2.24) is 9.88 Å². The zero-order valence-corrected chi connectivity index (χ0v) is 19.0. The molecule has 1 aromatic heterocycles. The molecule has 3 aromatic rings. The number of pyridine rings is 1. The van der Waals surface area contributed by atoms with Crippen LogP contribution in [0.15, 0.2) is 60.7 Å². The highest BCUT2D eigenvalue weighted by Gasteiger charge is 2.27. The third kappa shape index (κ3) is 4.76. The van der Waals surface area contributed by atoms with Gasteiger partial charge in [-0.2, -0.15) is 5.26 Å². The highest BCUT2D eigenvalue weighted by molar-refractivity contribution is 5.67. The second-order valence-electron chi connectivity index (χ2n) is 8.19. The number of hydrogen-bond donors (Lipinski definition) is 1. The van der Waals surface area contributed by atoms with Gasteiger partial charge in [-0.1, -0.05) is 60.7 Å². The molecule has 0 atom stereocenters. The van der Waals surface area contributed by atoms with Gasteiger partial charge >= 0.3 is 0 Å². The summed E-state index contributed by atoms with van der Waals surface area (Å²) in [7, 11) is 0. The third-order valence-electron chi connectivity index (χ3n) is 6.18. The van der Waals surface area contributed by atoms with Crippen molar-refractivity contribution in [2.75, 3.05) is 29.9 Å². The van der Waals surface area contributed by atoms with E-state index in [2.05, 4.69) is 77.5 Å². The first-order valence-electron chi connectivity index (χ1n) is 11.5. The molecule has 0 saturated carbocycles. The van der Waals surface area contributed by atoms with Crippen LogP contribution in [0.1, 0.15) is 41.7 Å². The first-order valence-corrected chi connectivity index (χ1v) is 11.5. The van der Waals surface area contributed by atoms with Crippen molar-refractivity contribution in [2.45, 2.75) is 39.9 Å². The number of hydrogen-bond acceptors (Lipinski definition) is 5. The van der Waals surface area contributed by atoms with Crippen molar-refractivity contribution >= 4 is 11.6 Å². The van der Waals surface area contributed by atoms with E-state index in [1.807, 2.05) is 18.2 Å². The molecule has 5 nitrogen and oxygen atoms in total. The molecule has 5 heteroatoms. The van der Waals surface area contributed by atoms with E-state index in [0.29, 0.717) is 17.9 Å². The molecule has 1 aliphatic heterocycles. The van der Waals surface area contributed by atoms with E-state index in [9.17, 15) is 5.26 Å². The average Bonchev–Trinajstić information content (AvgIpc) is 2.84. The fourth-order valence-corrected chi connectivity index (χ4v) is 4.46. The standard InChI is InChI=1S/C27H31N5/c1-3-32(4-2)27-25-20-31(19-22-13-9-6-10-14-22)16-15-23(25)24(17-28)26(30-27)29-18-21-11-7-5-8-12-21/h5-14H,3-4,15-16,18-20H2,1-2H3,(H,29,30). The largest absolute Gasteiger partial charge is 0.365 e. The van der Waals surface area contributed by atoms with Gasteiger partial charge in [0.1, 0.15) is 17.7 Å². The van der Waals surface area contributed by atoms with Crippen LogP contribution >= 0.6 is 0 Å². The molecule has 0 radical (unpaired) electrons. The lowest BCUT2D eigenvalue weighted by Gasteiger charge is -2.34. The first kappa shape index (κ1) is 21.9. The highest BCUT2D eigenvalue weighted by Crippen LogP contribution is 2.34. The van der Waals surface area contributed by atoms with Gasteiger partial charge < -0.3 is 10.2 Å². The van der Waals surface area contributed by atoms with Crippen molar-refractivity contribution in [2.24, 2.45) is 0 Å². The van der Waals surface area contributed by atoms with Crippen molar-refractivity contribution in [3.05, 3.63) is 88.5 Å².